The van der Waals surface area contributed by atoms with Crippen molar-refractivity contribution in [1.29, 1.82) is 0 Å². The Bertz CT molecular complexity index is 2810. The fraction of sp³-hybridized carbons (Fsp3) is 0.676. The predicted molar refractivity (Wildman–Crippen MR) is 359 cm³/mol. The molecular formula is C68H108ClNO17Si3. The van der Waals surface area contributed by atoms with Gasteiger partial charge in [0.25, 0.3) is 0 Å². The quantitative estimate of drug-likeness (QED) is 0.0179. The second-order valence-electron chi connectivity index (χ2n) is 28.9. The van der Waals surface area contributed by atoms with E-state index >= 15 is 0 Å². The van der Waals surface area contributed by atoms with E-state index in [1.807, 2.05) is 30.3 Å². The molecule has 1 aliphatic carbocycles. The number of carbonyl (C=O) groups is 4. The number of esters is 1. The largest absolute Gasteiger partial charge is 0.497 e. The van der Waals surface area contributed by atoms with Gasteiger partial charge >= 0.3 is 18.2 Å². The van der Waals surface area contributed by atoms with Crippen molar-refractivity contribution in [2.24, 2.45) is 5.41 Å². The summed E-state index contributed by atoms with van der Waals surface area (Å²) in [6.45, 7) is 41.8. The first kappa shape index (κ1) is 79.5. The fourth-order valence-corrected chi connectivity index (χ4v) is 14.7. The Balaban J connectivity index is 2.61. The highest BCUT2D eigenvalue weighted by Crippen LogP contribution is 2.49. The van der Waals surface area contributed by atoms with E-state index in [0.29, 0.717) is 29.5 Å². The van der Waals surface area contributed by atoms with Gasteiger partial charge in [-0.2, -0.15) is 0 Å². The molecule has 0 unspecified atom stereocenters. The van der Waals surface area contributed by atoms with Crippen LogP contribution in [0.2, 0.25) is 59.4 Å². The summed E-state index contributed by atoms with van der Waals surface area (Å²) in [5, 5.41) is -0.709. The second-order valence-corrected chi connectivity index (χ2v) is 43.6. The smallest absolute Gasteiger partial charge is 0.420 e. The third kappa shape index (κ3) is 21.7. The van der Waals surface area contributed by atoms with Gasteiger partial charge in [0.1, 0.15) is 35.4 Å². The molecule has 0 radical (unpaired) electrons. The van der Waals surface area contributed by atoms with Gasteiger partial charge in [-0.3, -0.25) is 9.59 Å². The number of terminal acetylenes is 1. The number of carbonyl (C=O) groups excluding carboxylic acids is 4. The Kier molecular flexibility index (Phi) is 28.6. The number of halogens is 1. The first-order valence-electron chi connectivity index (χ1n) is 31.0. The number of imide groups is 1. The summed E-state index contributed by atoms with van der Waals surface area (Å²) in [4.78, 5) is 57.6. The average molecular weight is 1330 g/mol. The lowest BCUT2D eigenvalue weighted by atomic mass is 9.88. The molecule has 0 saturated heterocycles. The molecule has 3 rings (SSSR count). The van der Waals surface area contributed by atoms with Crippen LogP contribution in [0.3, 0.4) is 0 Å². The summed E-state index contributed by atoms with van der Waals surface area (Å²) in [7, 11) is -3.78. The zero-order valence-electron chi connectivity index (χ0n) is 58.8. The van der Waals surface area contributed by atoms with E-state index < -0.39 is 100 Å². The van der Waals surface area contributed by atoms with E-state index in [-0.39, 0.29) is 73.4 Å². The van der Waals surface area contributed by atoms with Crippen LogP contribution >= 0.6 is 11.6 Å². The molecule has 0 N–H and O–H groups in total. The van der Waals surface area contributed by atoms with Gasteiger partial charge in [-0.1, -0.05) is 104 Å². The number of rotatable bonds is 30. The third-order valence-corrected chi connectivity index (χ3v) is 30.5. The maximum absolute atomic E-state index is 14.7. The SMILES string of the molecule is C#C[C@@H](Oc1c(Cl)cc([C@H](CCOC(=O)C(C)(C)C)N(C(=O)OC(C)(C)C)C(=O)OC(C)(C)C)cc1OCOC)[C@@]1(O[Si](CC)(CC)CC)C[C@H](OCOC)C=C1C#C[C@@](C=O)(O[Si](C)(C)C(C)(C)C)[C@H](CO[Si](C)(C)C(C)(C)C)OCc1ccc(OC)cc1. The Hall–Kier alpha value is -4.76. The summed E-state index contributed by atoms with van der Waals surface area (Å²) < 4.78 is 82.7. The van der Waals surface area contributed by atoms with E-state index in [1.54, 1.807) is 69.4 Å². The molecule has 1 aliphatic rings. The molecule has 0 spiro atoms. The zero-order valence-corrected chi connectivity index (χ0v) is 62.6. The number of hydrogen-bond donors (Lipinski definition) is 0. The van der Waals surface area contributed by atoms with Crippen LogP contribution in [0.4, 0.5) is 9.59 Å². The maximum atomic E-state index is 14.7. The predicted octanol–water partition coefficient (Wildman–Crippen LogP) is 15.6. The summed E-state index contributed by atoms with van der Waals surface area (Å²) >= 11 is 7.48. The maximum Gasteiger partial charge on any atom is 0.420 e. The lowest BCUT2D eigenvalue weighted by Gasteiger charge is -2.45. The Morgan fingerprint density at radius 1 is 0.800 bits per heavy atom. The van der Waals surface area contributed by atoms with Gasteiger partial charge in [0.2, 0.25) is 5.60 Å². The summed E-state index contributed by atoms with van der Waals surface area (Å²) in [5.74, 6) is 9.89. The number of amides is 2. The highest BCUT2D eigenvalue weighted by atomic mass is 35.5. The minimum Gasteiger partial charge on any atom is -0.497 e. The number of methoxy groups -OCH3 is 3. The van der Waals surface area contributed by atoms with E-state index in [2.05, 4.69) is 106 Å². The highest BCUT2D eigenvalue weighted by molar-refractivity contribution is 6.75. The molecule has 22 heteroatoms. The van der Waals surface area contributed by atoms with Crippen LogP contribution in [0.5, 0.6) is 17.2 Å². The molecule has 2 aromatic rings. The van der Waals surface area contributed by atoms with Crippen molar-refractivity contribution in [1.82, 2.24) is 4.90 Å². The Morgan fingerprint density at radius 2 is 1.36 bits per heavy atom. The highest BCUT2D eigenvalue weighted by Gasteiger charge is 2.56. The van der Waals surface area contributed by atoms with Crippen molar-refractivity contribution in [2.45, 2.75) is 245 Å². The van der Waals surface area contributed by atoms with Crippen molar-refractivity contribution < 1.29 is 79.8 Å². The van der Waals surface area contributed by atoms with Gasteiger partial charge in [-0.25, -0.2) is 14.5 Å². The molecule has 0 aliphatic heterocycles. The van der Waals surface area contributed by atoms with Gasteiger partial charge in [0.05, 0.1) is 49.5 Å². The minimum atomic E-state index is -2.97. The molecular weight excluding hydrogens is 1220 g/mol. The van der Waals surface area contributed by atoms with E-state index in [9.17, 15) is 19.2 Å². The molecule has 0 fully saturated rings. The van der Waals surface area contributed by atoms with E-state index in [4.69, 9.17) is 78.7 Å². The lowest BCUT2D eigenvalue weighted by molar-refractivity contribution is -0.153. The number of nitrogens with zero attached hydrogens (tertiary/aromatic N) is 1. The molecule has 0 bridgehead atoms. The fourth-order valence-electron chi connectivity index (χ4n) is 9.09. The van der Waals surface area contributed by atoms with Crippen molar-refractivity contribution >= 4 is 61.0 Å². The number of ether oxygens (including phenoxy) is 10. The van der Waals surface area contributed by atoms with Crippen molar-refractivity contribution in [3.05, 3.63) is 64.2 Å². The van der Waals surface area contributed by atoms with Crippen LogP contribution in [0, 0.1) is 29.6 Å². The molecule has 6 atom stereocenters. The van der Waals surface area contributed by atoms with Crippen LogP contribution in [-0.4, -0.2) is 143 Å². The van der Waals surface area contributed by atoms with Gasteiger partial charge in [0.15, 0.2) is 55.6 Å². The minimum absolute atomic E-state index is 0.0205. The third-order valence-electron chi connectivity index (χ3n) is 16.6. The summed E-state index contributed by atoms with van der Waals surface area (Å²) in [6.07, 6.45) is 3.98. The molecule has 0 saturated carbocycles. The van der Waals surface area contributed by atoms with Gasteiger partial charge in [-0.15, -0.1) is 6.42 Å². The molecule has 18 nitrogen and oxygen atoms in total. The number of hydrogen-bond acceptors (Lipinski definition) is 17. The number of benzene rings is 2. The first-order valence-corrected chi connectivity index (χ1v) is 39.8. The molecule has 0 aromatic heterocycles. The van der Waals surface area contributed by atoms with Crippen molar-refractivity contribution in [3.63, 3.8) is 0 Å². The molecule has 2 amide bonds. The molecule has 506 valence electrons. The van der Waals surface area contributed by atoms with Gasteiger partial charge in [-0.05, 0) is 158 Å². The lowest BCUT2D eigenvalue weighted by Crippen LogP contribution is -2.58. The van der Waals surface area contributed by atoms with Crippen LogP contribution in [0.15, 0.2) is 48.0 Å². The summed E-state index contributed by atoms with van der Waals surface area (Å²) in [6, 6.07) is 11.3. The van der Waals surface area contributed by atoms with Crippen LogP contribution in [-0.2, 0) is 62.6 Å². The molecule has 2 aromatic carbocycles. The normalized spacial score (nSPS) is 17.7. The van der Waals surface area contributed by atoms with Crippen molar-refractivity contribution in [3.8, 4) is 41.4 Å². The standard InChI is InChI=1S/C68H108ClNO17Si3/c1-27-56(83-58-53(69)39-49(40-55(58)81-47-76-21)54(36-38-78-59(72)62(5,6)7)70(60(73)84-63(8,9)10)61(74)85-64(11,12)13)68(87-90(28-2,29-3)30-4)42-52(80-46-75-20)41-50(68)35-37-67(45-71,86-89(25,26)66(17,18)19)57(44-82-88(23,24)65(14,15)16)79-43-48-31-33-51(77-22)34-32-48/h1,31-34,39-41,45,52,54,56-57H,28-30,36,38,42-44,46-47H2,2-26H3/t52-,54+,56-,57+,67+,68-/m1/s1. The van der Waals surface area contributed by atoms with Crippen LogP contribution in [0.1, 0.15) is 155 Å². The number of aldehydes is 1. The topological polar surface area (TPSA) is 192 Å². The second kappa shape index (κ2) is 32.4. The molecule has 0 heterocycles. The van der Waals surface area contributed by atoms with Crippen LogP contribution < -0.4 is 14.2 Å². The molecule has 90 heavy (non-hydrogen) atoms. The zero-order chi connectivity index (χ0) is 68.7. The van der Waals surface area contributed by atoms with E-state index in [1.165, 1.54) is 26.4 Å². The van der Waals surface area contributed by atoms with Crippen LogP contribution in [0.25, 0.3) is 0 Å². The monoisotopic (exact) mass is 1330 g/mol. The average Bonchev–Trinajstić information content (AvgIpc) is 1.48. The van der Waals surface area contributed by atoms with Gasteiger partial charge in [0, 0.05) is 32.6 Å². The summed E-state index contributed by atoms with van der Waals surface area (Å²) in [5.41, 5.74) is -5.23. The Labute approximate surface area is 547 Å². The first-order chi connectivity index (χ1) is 41.4. The van der Waals surface area contributed by atoms with Crippen molar-refractivity contribution in [2.75, 3.05) is 48.1 Å². The van der Waals surface area contributed by atoms with Gasteiger partial charge < -0.3 is 60.6 Å². The Morgan fingerprint density at radius 3 is 1.82 bits per heavy atom. The van der Waals surface area contributed by atoms with E-state index in [0.717, 1.165) is 16.7 Å².